The number of carbonyl (C=O) groups is 1. The van der Waals surface area contributed by atoms with E-state index in [4.69, 9.17) is 10.2 Å². The van der Waals surface area contributed by atoms with E-state index in [9.17, 15) is 4.79 Å². The quantitative estimate of drug-likeness (QED) is 0.892. The third kappa shape index (κ3) is 4.09. The van der Waals surface area contributed by atoms with Gasteiger partial charge in [0.05, 0.1) is 18.7 Å². The van der Waals surface area contributed by atoms with Gasteiger partial charge >= 0.3 is 0 Å². The van der Waals surface area contributed by atoms with Crippen LogP contribution in [0.4, 0.5) is 0 Å². The van der Waals surface area contributed by atoms with Crippen LogP contribution in [-0.4, -0.2) is 5.91 Å². The highest BCUT2D eigenvalue weighted by molar-refractivity contribution is 7.11. The summed E-state index contributed by atoms with van der Waals surface area (Å²) in [7, 11) is 0. The number of hydrogen-bond acceptors (Lipinski definition) is 4. The first kappa shape index (κ1) is 15.8. The predicted octanol–water partition coefficient (Wildman–Crippen LogP) is 2.71. The summed E-state index contributed by atoms with van der Waals surface area (Å²) in [4.78, 5) is 14.3. The van der Waals surface area contributed by atoms with Crippen LogP contribution in [0.3, 0.4) is 0 Å². The normalized spacial score (nSPS) is 10.0. The average molecular weight is 301 g/mol. The van der Waals surface area contributed by atoms with Gasteiger partial charge in [-0.3, -0.25) is 4.79 Å². The molecule has 0 aliphatic heterocycles. The third-order valence-corrected chi connectivity index (χ3v) is 3.84. The van der Waals surface area contributed by atoms with Gasteiger partial charge in [-0.1, -0.05) is 6.92 Å². The molecule has 19 heavy (non-hydrogen) atoms. The molecule has 0 radical (unpaired) electrons. The summed E-state index contributed by atoms with van der Waals surface area (Å²) in [6.45, 7) is 2.97. The van der Waals surface area contributed by atoms with Crippen molar-refractivity contribution in [1.29, 1.82) is 0 Å². The Balaban J connectivity index is 0.00000180. The number of nitrogens with one attached hydrogen (secondary N) is 1. The maximum Gasteiger partial charge on any atom is 0.254 e. The number of hydrogen-bond donors (Lipinski definition) is 2. The van der Waals surface area contributed by atoms with E-state index in [1.807, 2.05) is 6.07 Å². The molecule has 0 atom stereocenters. The minimum atomic E-state index is -0.134. The topological polar surface area (TPSA) is 68.3 Å². The SMILES string of the molecule is CCc1ccc(CNC(=O)c2coc(CN)c2)s1.Cl. The van der Waals surface area contributed by atoms with Crippen molar-refractivity contribution < 1.29 is 9.21 Å². The zero-order valence-corrected chi connectivity index (χ0v) is 12.3. The Morgan fingerprint density at radius 3 is 2.74 bits per heavy atom. The molecule has 2 aromatic heterocycles. The summed E-state index contributed by atoms with van der Waals surface area (Å²) in [5.41, 5.74) is 5.94. The Hall–Kier alpha value is -1.30. The second-order valence-corrected chi connectivity index (χ2v) is 5.16. The van der Waals surface area contributed by atoms with Crippen LogP contribution in [0.1, 0.15) is 32.8 Å². The van der Waals surface area contributed by atoms with E-state index in [-0.39, 0.29) is 18.3 Å². The Morgan fingerprint density at radius 1 is 1.42 bits per heavy atom. The number of amides is 1. The van der Waals surface area contributed by atoms with Crippen molar-refractivity contribution in [3.8, 4) is 0 Å². The Labute approximate surface area is 122 Å². The van der Waals surface area contributed by atoms with E-state index in [0.717, 1.165) is 11.3 Å². The lowest BCUT2D eigenvalue weighted by Gasteiger charge is -2.00. The molecule has 3 N–H and O–H groups in total. The first-order valence-corrected chi connectivity index (χ1v) is 6.67. The summed E-state index contributed by atoms with van der Waals surface area (Å²) < 4.78 is 5.13. The van der Waals surface area contributed by atoms with Gasteiger partial charge in [0, 0.05) is 9.75 Å². The number of rotatable bonds is 5. The van der Waals surface area contributed by atoms with Crippen molar-refractivity contribution in [2.24, 2.45) is 5.73 Å². The van der Waals surface area contributed by atoms with Gasteiger partial charge in [0.1, 0.15) is 12.0 Å². The number of nitrogens with two attached hydrogens (primary N) is 1. The Kier molecular flexibility index (Phi) is 6.08. The Bertz CT molecular complexity index is 536. The standard InChI is InChI=1S/C13H16N2O2S.ClH/c1-2-11-3-4-12(18-11)7-15-13(16)9-5-10(6-14)17-8-9;/h3-5,8H,2,6-7,14H2,1H3,(H,15,16);1H. The third-order valence-electron chi connectivity index (χ3n) is 2.61. The zero-order chi connectivity index (χ0) is 13.0. The summed E-state index contributed by atoms with van der Waals surface area (Å²) in [5.74, 6) is 0.481. The smallest absolute Gasteiger partial charge is 0.254 e. The lowest BCUT2D eigenvalue weighted by Crippen LogP contribution is -2.21. The molecule has 2 rings (SSSR count). The predicted molar refractivity (Wildman–Crippen MR) is 78.7 cm³/mol. The van der Waals surface area contributed by atoms with Gasteiger partial charge in [0.25, 0.3) is 5.91 Å². The molecule has 2 aromatic rings. The minimum absolute atomic E-state index is 0. The van der Waals surface area contributed by atoms with E-state index in [1.165, 1.54) is 11.1 Å². The Morgan fingerprint density at radius 2 is 2.16 bits per heavy atom. The van der Waals surface area contributed by atoms with E-state index in [0.29, 0.717) is 24.4 Å². The van der Waals surface area contributed by atoms with Gasteiger partial charge in [0.2, 0.25) is 0 Å². The van der Waals surface area contributed by atoms with Crippen LogP contribution in [0.2, 0.25) is 0 Å². The summed E-state index contributed by atoms with van der Waals surface area (Å²) >= 11 is 1.72. The second-order valence-electron chi connectivity index (χ2n) is 3.91. The molecule has 0 aromatic carbocycles. The lowest BCUT2D eigenvalue weighted by atomic mass is 10.3. The zero-order valence-electron chi connectivity index (χ0n) is 10.6. The molecule has 0 spiro atoms. The molecule has 0 aliphatic carbocycles. The fourth-order valence-electron chi connectivity index (χ4n) is 1.58. The van der Waals surface area contributed by atoms with E-state index in [1.54, 1.807) is 17.4 Å². The minimum Gasteiger partial charge on any atom is -0.467 e. The van der Waals surface area contributed by atoms with E-state index < -0.39 is 0 Å². The van der Waals surface area contributed by atoms with E-state index in [2.05, 4.69) is 18.3 Å². The first-order valence-electron chi connectivity index (χ1n) is 5.86. The molecule has 6 heteroatoms. The number of furan rings is 1. The molecule has 104 valence electrons. The monoisotopic (exact) mass is 300 g/mol. The van der Waals surface area contributed by atoms with Gasteiger partial charge in [0.15, 0.2) is 0 Å². The van der Waals surface area contributed by atoms with Crippen molar-refractivity contribution >= 4 is 29.7 Å². The summed E-state index contributed by atoms with van der Waals surface area (Å²) in [6, 6.07) is 5.81. The highest BCUT2D eigenvalue weighted by Crippen LogP contribution is 2.16. The highest BCUT2D eigenvalue weighted by Gasteiger charge is 2.09. The largest absolute Gasteiger partial charge is 0.467 e. The molecule has 0 fully saturated rings. The van der Waals surface area contributed by atoms with E-state index >= 15 is 0 Å². The molecule has 4 nitrogen and oxygen atoms in total. The number of halogens is 1. The van der Waals surface area contributed by atoms with Gasteiger partial charge in [-0.2, -0.15) is 0 Å². The van der Waals surface area contributed by atoms with Gasteiger partial charge in [-0.05, 0) is 24.6 Å². The number of carbonyl (C=O) groups excluding carboxylic acids is 1. The van der Waals surface area contributed by atoms with Crippen molar-refractivity contribution in [3.63, 3.8) is 0 Å². The second kappa shape index (κ2) is 7.33. The van der Waals surface area contributed by atoms with Gasteiger partial charge < -0.3 is 15.5 Å². The molecule has 0 saturated carbocycles. The molecule has 0 unspecified atom stereocenters. The lowest BCUT2D eigenvalue weighted by molar-refractivity contribution is 0.0950. The van der Waals surface area contributed by atoms with Gasteiger partial charge in [-0.25, -0.2) is 0 Å². The maximum atomic E-state index is 11.8. The van der Waals surface area contributed by atoms with Crippen molar-refractivity contribution in [2.45, 2.75) is 26.4 Å². The summed E-state index contributed by atoms with van der Waals surface area (Å²) in [5, 5.41) is 2.86. The van der Waals surface area contributed by atoms with Crippen LogP contribution in [0.25, 0.3) is 0 Å². The van der Waals surface area contributed by atoms with Crippen LogP contribution < -0.4 is 11.1 Å². The maximum absolute atomic E-state index is 11.8. The number of aryl methyl sites for hydroxylation is 1. The molecule has 0 bridgehead atoms. The fourth-order valence-corrected chi connectivity index (χ4v) is 2.48. The average Bonchev–Trinajstić information content (AvgIpc) is 3.04. The molecular formula is C13H17ClN2O2S. The van der Waals surface area contributed by atoms with Crippen LogP contribution >= 0.6 is 23.7 Å². The molecule has 1 amide bonds. The van der Waals surface area contributed by atoms with Crippen molar-refractivity contribution in [2.75, 3.05) is 0 Å². The van der Waals surface area contributed by atoms with Crippen LogP contribution in [0, 0.1) is 0 Å². The van der Waals surface area contributed by atoms with Crippen LogP contribution in [0.15, 0.2) is 28.9 Å². The molecular weight excluding hydrogens is 284 g/mol. The van der Waals surface area contributed by atoms with Crippen LogP contribution in [0.5, 0.6) is 0 Å². The van der Waals surface area contributed by atoms with Crippen molar-refractivity contribution in [1.82, 2.24) is 5.32 Å². The molecule has 2 heterocycles. The fraction of sp³-hybridized carbons (Fsp3) is 0.308. The molecule has 0 saturated heterocycles. The summed E-state index contributed by atoms with van der Waals surface area (Å²) in [6.07, 6.45) is 2.46. The van der Waals surface area contributed by atoms with Gasteiger partial charge in [-0.15, -0.1) is 23.7 Å². The highest BCUT2D eigenvalue weighted by atomic mass is 35.5. The number of thiophene rings is 1. The van der Waals surface area contributed by atoms with Crippen molar-refractivity contribution in [3.05, 3.63) is 45.5 Å². The molecule has 0 aliphatic rings. The first-order chi connectivity index (χ1) is 8.72. The van der Waals surface area contributed by atoms with Crippen LogP contribution in [-0.2, 0) is 19.5 Å².